The highest BCUT2D eigenvalue weighted by Gasteiger charge is 2.59. The number of rotatable bonds is 8. The number of hydrogen-bond donors (Lipinski definition) is 1. The predicted molar refractivity (Wildman–Crippen MR) is 148 cm³/mol. The van der Waals surface area contributed by atoms with Gasteiger partial charge in [-0.2, -0.15) is 0 Å². The molecule has 3 saturated carbocycles. The first-order chi connectivity index (χ1) is 16.5. The fraction of sp³-hybridized carbons (Fsp3) is 0.906. The molecule has 9 atom stereocenters. The lowest BCUT2D eigenvalue weighted by molar-refractivity contribution is -0.135. The highest BCUT2D eigenvalue weighted by molar-refractivity contribution is 5.81. The molecule has 3 heteroatoms. The van der Waals surface area contributed by atoms with Gasteiger partial charge in [-0.1, -0.05) is 65.5 Å². The van der Waals surface area contributed by atoms with E-state index in [2.05, 4.69) is 52.5 Å². The van der Waals surface area contributed by atoms with E-state index in [1.807, 2.05) is 6.92 Å². The van der Waals surface area contributed by atoms with E-state index in [9.17, 15) is 4.79 Å². The van der Waals surface area contributed by atoms with Crippen molar-refractivity contribution < 1.29 is 4.79 Å². The van der Waals surface area contributed by atoms with Crippen molar-refractivity contribution in [2.75, 3.05) is 6.54 Å². The molecule has 0 heterocycles. The Morgan fingerprint density at radius 3 is 2.46 bits per heavy atom. The fourth-order valence-corrected chi connectivity index (χ4v) is 9.79. The Labute approximate surface area is 217 Å². The molecular weight excluding hydrogens is 428 g/mol. The molecule has 0 saturated heterocycles. The Hall–Kier alpha value is -0.830. The molecule has 1 amide bonds. The Morgan fingerprint density at radius 2 is 1.80 bits per heavy atom. The maximum Gasteiger partial charge on any atom is 0.239 e. The van der Waals surface area contributed by atoms with E-state index in [-0.39, 0.29) is 5.91 Å². The van der Waals surface area contributed by atoms with Crippen LogP contribution in [0.2, 0.25) is 0 Å². The van der Waals surface area contributed by atoms with Crippen LogP contribution in [0.4, 0.5) is 0 Å². The minimum atomic E-state index is -0.396. The quantitative estimate of drug-likeness (QED) is 0.361. The van der Waals surface area contributed by atoms with Crippen LogP contribution in [-0.2, 0) is 4.79 Å². The van der Waals surface area contributed by atoms with Crippen molar-refractivity contribution in [1.82, 2.24) is 4.90 Å². The summed E-state index contributed by atoms with van der Waals surface area (Å²) in [4.78, 5) is 14.8. The number of fused-ring (bicyclic) bond motifs is 5. The molecule has 0 radical (unpaired) electrons. The van der Waals surface area contributed by atoms with Gasteiger partial charge in [-0.3, -0.25) is 4.79 Å². The molecule has 4 aliphatic carbocycles. The molecule has 35 heavy (non-hydrogen) atoms. The number of likely N-dealkylation sites (N-methyl/N-ethyl adjacent to an activating group) is 1. The summed E-state index contributed by atoms with van der Waals surface area (Å²) in [6.07, 6.45) is 17.4. The molecule has 0 bridgehead atoms. The first kappa shape index (κ1) is 27.2. The third kappa shape index (κ3) is 4.89. The maximum atomic E-state index is 12.8. The van der Waals surface area contributed by atoms with Crippen molar-refractivity contribution in [2.24, 2.45) is 52.1 Å². The second kappa shape index (κ2) is 10.5. The molecule has 0 aromatic carbocycles. The first-order valence-corrected chi connectivity index (χ1v) is 15.3. The SMILES string of the molecule is CCN(C(=O)C(C)N)[C@H]1CC[C@@]2(C)C(=CC[C@H]3[C@@H]4CC[C@H]([C@H](C)CCCC(C)C)[C@@]4(C)CC[C@@H]32)C1. The summed E-state index contributed by atoms with van der Waals surface area (Å²) < 4.78 is 0. The van der Waals surface area contributed by atoms with Crippen molar-refractivity contribution in [3.05, 3.63) is 11.6 Å². The van der Waals surface area contributed by atoms with Crippen molar-refractivity contribution in [2.45, 2.75) is 131 Å². The van der Waals surface area contributed by atoms with Crippen LogP contribution in [-0.4, -0.2) is 29.4 Å². The first-order valence-electron chi connectivity index (χ1n) is 15.3. The van der Waals surface area contributed by atoms with Crippen LogP contribution in [0, 0.1) is 46.3 Å². The van der Waals surface area contributed by atoms with Crippen LogP contribution in [0.1, 0.15) is 119 Å². The van der Waals surface area contributed by atoms with Crippen LogP contribution in [0.25, 0.3) is 0 Å². The van der Waals surface area contributed by atoms with E-state index in [4.69, 9.17) is 5.73 Å². The molecule has 0 aromatic rings. The van der Waals surface area contributed by atoms with E-state index in [0.717, 1.165) is 54.9 Å². The summed E-state index contributed by atoms with van der Waals surface area (Å²) in [5.74, 6) is 5.40. The highest BCUT2D eigenvalue weighted by Crippen LogP contribution is 2.67. The van der Waals surface area contributed by atoms with Crippen molar-refractivity contribution in [1.29, 1.82) is 0 Å². The molecular formula is C32H56N2O. The maximum absolute atomic E-state index is 12.8. The zero-order valence-corrected chi connectivity index (χ0v) is 24.1. The van der Waals surface area contributed by atoms with E-state index in [1.54, 1.807) is 5.57 Å². The number of hydrogen-bond acceptors (Lipinski definition) is 2. The van der Waals surface area contributed by atoms with Gasteiger partial charge in [0.15, 0.2) is 0 Å². The second-order valence-electron chi connectivity index (χ2n) is 14.1. The number of nitrogens with two attached hydrogens (primary N) is 1. The van der Waals surface area contributed by atoms with Crippen LogP contribution in [0.5, 0.6) is 0 Å². The molecule has 200 valence electrons. The van der Waals surface area contributed by atoms with Gasteiger partial charge in [0.1, 0.15) is 0 Å². The summed E-state index contributed by atoms with van der Waals surface area (Å²) in [7, 11) is 0. The normalized spacial score (nSPS) is 40.4. The topological polar surface area (TPSA) is 46.3 Å². The molecule has 3 nitrogen and oxygen atoms in total. The third-order valence-electron chi connectivity index (χ3n) is 11.7. The number of allylic oxidation sites excluding steroid dienone is 1. The number of nitrogens with zero attached hydrogens (tertiary/aromatic N) is 1. The lowest BCUT2D eigenvalue weighted by atomic mass is 9.46. The molecule has 0 spiro atoms. The van der Waals surface area contributed by atoms with Gasteiger partial charge < -0.3 is 10.6 Å². The Kier molecular flexibility index (Phi) is 8.17. The molecule has 4 aliphatic rings. The number of carbonyl (C=O) groups is 1. The summed E-state index contributed by atoms with van der Waals surface area (Å²) in [6.45, 7) is 17.3. The van der Waals surface area contributed by atoms with E-state index >= 15 is 0 Å². The van der Waals surface area contributed by atoms with Gasteiger partial charge in [0.05, 0.1) is 6.04 Å². The standard InChI is InChI=1S/C32H56N2O/c1-8-34(30(35)23(5)33)25-16-18-31(6)24(20-25)12-13-26-28-15-14-27(22(4)11-9-10-21(2)3)32(28,7)19-17-29(26)31/h12,21-23,25-29H,8-11,13-20,33H2,1-7H3/t22-,23?,25+,26+,27-,28+,29+,31+,32-/m1/s1. The van der Waals surface area contributed by atoms with Gasteiger partial charge in [-0.25, -0.2) is 0 Å². The zero-order valence-electron chi connectivity index (χ0n) is 24.1. The molecule has 0 aliphatic heterocycles. The molecule has 2 N–H and O–H groups in total. The third-order valence-corrected chi connectivity index (χ3v) is 11.7. The highest BCUT2D eigenvalue weighted by atomic mass is 16.2. The average molecular weight is 485 g/mol. The lowest BCUT2D eigenvalue weighted by Crippen LogP contribution is -2.54. The minimum Gasteiger partial charge on any atom is -0.338 e. The van der Waals surface area contributed by atoms with Gasteiger partial charge in [-0.15, -0.1) is 0 Å². The molecule has 1 unspecified atom stereocenters. The van der Waals surface area contributed by atoms with E-state index < -0.39 is 6.04 Å². The van der Waals surface area contributed by atoms with Crippen molar-refractivity contribution >= 4 is 5.91 Å². The smallest absolute Gasteiger partial charge is 0.239 e. The predicted octanol–water partition coefficient (Wildman–Crippen LogP) is 7.59. The Morgan fingerprint density at radius 1 is 1.06 bits per heavy atom. The van der Waals surface area contributed by atoms with Crippen molar-refractivity contribution in [3.8, 4) is 0 Å². The fourth-order valence-electron chi connectivity index (χ4n) is 9.79. The Balaban J connectivity index is 1.47. The molecule has 3 fully saturated rings. The lowest BCUT2D eigenvalue weighted by Gasteiger charge is -2.59. The van der Waals surface area contributed by atoms with E-state index in [0.29, 0.717) is 16.9 Å². The Bertz CT molecular complexity index is 786. The summed E-state index contributed by atoms with van der Waals surface area (Å²) >= 11 is 0. The monoisotopic (exact) mass is 484 g/mol. The van der Waals surface area contributed by atoms with Gasteiger partial charge >= 0.3 is 0 Å². The van der Waals surface area contributed by atoms with Gasteiger partial charge in [-0.05, 0) is 112 Å². The largest absolute Gasteiger partial charge is 0.338 e. The average Bonchev–Trinajstić information content (AvgIpc) is 3.16. The van der Waals surface area contributed by atoms with Crippen molar-refractivity contribution in [3.63, 3.8) is 0 Å². The van der Waals surface area contributed by atoms with Gasteiger partial charge in [0.2, 0.25) is 5.91 Å². The summed E-state index contributed by atoms with van der Waals surface area (Å²) in [6, 6.07) is -0.0575. The zero-order chi connectivity index (χ0) is 25.5. The van der Waals surface area contributed by atoms with Crippen LogP contribution in [0.3, 0.4) is 0 Å². The van der Waals surface area contributed by atoms with Crippen LogP contribution in [0.15, 0.2) is 11.6 Å². The minimum absolute atomic E-state index is 0.128. The number of carbonyl (C=O) groups excluding carboxylic acids is 1. The van der Waals surface area contributed by atoms with Gasteiger partial charge in [0, 0.05) is 12.6 Å². The van der Waals surface area contributed by atoms with E-state index in [1.165, 1.54) is 57.8 Å². The van der Waals surface area contributed by atoms with Crippen LogP contribution < -0.4 is 5.73 Å². The summed E-state index contributed by atoms with van der Waals surface area (Å²) in [5.41, 5.74) is 8.57. The number of amides is 1. The van der Waals surface area contributed by atoms with Gasteiger partial charge in [0.25, 0.3) is 0 Å². The summed E-state index contributed by atoms with van der Waals surface area (Å²) in [5, 5.41) is 0. The molecule has 4 rings (SSSR count). The molecule has 0 aromatic heterocycles. The van der Waals surface area contributed by atoms with Crippen LogP contribution >= 0.6 is 0 Å². The second-order valence-corrected chi connectivity index (χ2v) is 14.1.